The summed E-state index contributed by atoms with van der Waals surface area (Å²) in [7, 11) is -2.19. The summed E-state index contributed by atoms with van der Waals surface area (Å²) in [5, 5.41) is 0. The maximum Gasteiger partial charge on any atom is 0.250 e. The molecule has 5 heteroatoms. The molecule has 1 amide bonds. The second-order valence-corrected chi connectivity index (χ2v) is 4.87. The van der Waals surface area contributed by atoms with Gasteiger partial charge in [-0.25, -0.2) is 4.21 Å². The number of hydrogen-bond donors (Lipinski definition) is 1. The van der Waals surface area contributed by atoms with E-state index in [1.54, 1.807) is 0 Å². The summed E-state index contributed by atoms with van der Waals surface area (Å²) < 4.78 is 14.7. The SMILES string of the molecule is CC(=O)N=S1(=O)CC(N)C1. The van der Waals surface area contributed by atoms with E-state index in [1.165, 1.54) is 6.92 Å². The van der Waals surface area contributed by atoms with Crippen LogP contribution >= 0.6 is 0 Å². The molecule has 1 fully saturated rings. The van der Waals surface area contributed by atoms with Crippen molar-refractivity contribution in [1.82, 2.24) is 0 Å². The first-order valence-corrected chi connectivity index (χ1v) is 4.86. The van der Waals surface area contributed by atoms with Gasteiger partial charge in [-0.2, -0.15) is 4.36 Å². The monoisotopic (exact) mass is 162 g/mol. The van der Waals surface area contributed by atoms with Crippen LogP contribution in [0.5, 0.6) is 0 Å². The molecular weight excluding hydrogens is 152 g/mol. The van der Waals surface area contributed by atoms with Crippen molar-refractivity contribution >= 4 is 15.6 Å². The molecule has 0 aromatic carbocycles. The summed E-state index contributed by atoms with van der Waals surface area (Å²) in [6.45, 7) is 1.30. The van der Waals surface area contributed by atoms with Gasteiger partial charge in [0.15, 0.2) is 0 Å². The summed E-state index contributed by atoms with van der Waals surface area (Å²) in [4.78, 5) is 10.4. The van der Waals surface area contributed by atoms with E-state index in [0.717, 1.165) is 0 Å². The van der Waals surface area contributed by atoms with Crippen molar-refractivity contribution in [3.8, 4) is 0 Å². The predicted molar refractivity (Wildman–Crippen MR) is 39.0 cm³/mol. The van der Waals surface area contributed by atoms with E-state index in [9.17, 15) is 9.00 Å². The topological polar surface area (TPSA) is 72.5 Å². The quantitative estimate of drug-likeness (QED) is 0.514. The van der Waals surface area contributed by atoms with Gasteiger partial charge in [-0.05, 0) is 0 Å². The van der Waals surface area contributed by atoms with Gasteiger partial charge >= 0.3 is 0 Å². The number of carbonyl (C=O) groups excluding carboxylic acids is 1. The summed E-state index contributed by atoms with van der Waals surface area (Å²) in [5.41, 5.74) is 5.38. The first kappa shape index (κ1) is 7.68. The predicted octanol–water partition coefficient (Wildman–Crippen LogP) is -0.658. The highest BCUT2D eigenvalue weighted by molar-refractivity contribution is 7.95. The van der Waals surface area contributed by atoms with Gasteiger partial charge in [0.2, 0.25) is 0 Å². The molecule has 0 aromatic rings. The highest BCUT2D eigenvalue weighted by atomic mass is 32.2. The van der Waals surface area contributed by atoms with Crippen LogP contribution in [0.1, 0.15) is 6.92 Å². The van der Waals surface area contributed by atoms with E-state index in [-0.39, 0.29) is 11.9 Å². The molecule has 0 atom stereocenters. The first-order chi connectivity index (χ1) is 4.52. The third kappa shape index (κ3) is 1.54. The van der Waals surface area contributed by atoms with Crippen molar-refractivity contribution in [3.63, 3.8) is 0 Å². The Morgan fingerprint density at radius 3 is 2.50 bits per heavy atom. The van der Waals surface area contributed by atoms with Crippen LogP contribution in [0.3, 0.4) is 0 Å². The van der Waals surface area contributed by atoms with Crippen LogP contribution in [0.25, 0.3) is 0 Å². The molecule has 0 spiro atoms. The first-order valence-electron chi connectivity index (χ1n) is 3.00. The second kappa shape index (κ2) is 2.32. The standard InChI is InChI=1S/C5H10N2O2S/c1-4(8)7-10(9)2-5(6)3-10/h5H,2-3,6H2,1H3. The molecule has 1 heterocycles. The average molecular weight is 162 g/mol. The molecule has 1 saturated heterocycles. The summed E-state index contributed by atoms with van der Waals surface area (Å²) in [5.74, 6) is 0.399. The van der Waals surface area contributed by atoms with Gasteiger partial charge in [-0.3, -0.25) is 4.79 Å². The van der Waals surface area contributed by atoms with Crippen LogP contribution in [0.4, 0.5) is 0 Å². The van der Waals surface area contributed by atoms with Crippen molar-refractivity contribution in [2.75, 3.05) is 11.5 Å². The molecule has 0 aromatic heterocycles. The van der Waals surface area contributed by atoms with E-state index in [0.29, 0.717) is 11.5 Å². The number of nitrogens with zero attached hydrogens (tertiary/aromatic N) is 1. The highest BCUT2D eigenvalue weighted by Gasteiger charge is 2.28. The van der Waals surface area contributed by atoms with Gasteiger partial charge in [0, 0.05) is 24.5 Å². The third-order valence-corrected chi connectivity index (χ3v) is 3.73. The van der Waals surface area contributed by atoms with Crippen LogP contribution < -0.4 is 5.73 Å². The average Bonchev–Trinajstić information content (AvgIpc) is 1.57. The smallest absolute Gasteiger partial charge is 0.250 e. The van der Waals surface area contributed by atoms with Crippen molar-refractivity contribution < 1.29 is 9.00 Å². The Balaban J connectivity index is 2.74. The van der Waals surface area contributed by atoms with E-state index in [2.05, 4.69) is 4.36 Å². The summed E-state index contributed by atoms with van der Waals surface area (Å²) in [6.07, 6.45) is 0. The van der Waals surface area contributed by atoms with Crippen LogP contribution in [-0.2, 0) is 14.5 Å². The minimum Gasteiger partial charge on any atom is -0.326 e. The Bertz CT molecular complexity index is 253. The fourth-order valence-corrected chi connectivity index (χ4v) is 2.79. The van der Waals surface area contributed by atoms with Crippen molar-refractivity contribution in [2.24, 2.45) is 10.1 Å². The maximum absolute atomic E-state index is 11.2. The van der Waals surface area contributed by atoms with E-state index in [4.69, 9.17) is 5.73 Å². The lowest BCUT2D eigenvalue weighted by Crippen LogP contribution is -2.47. The number of amides is 1. The molecule has 10 heavy (non-hydrogen) atoms. The molecule has 0 aliphatic carbocycles. The zero-order chi connectivity index (χ0) is 7.78. The lowest BCUT2D eigenvalue weighted by Gasteiger charge is -2.25. The highest BCUT2D eigenvalue weighted by Crippen LogP contribution is 2.11. The number of carbonyl (C=O) groups is 1. The molecule has 0 radical (unpaired) electrons. The minimum absolute atomic E-state index is 0.0180. The molecule has 2 N–H and O–H groups in total. The van der Waals surface area contributed by atoms with Crippen molar-refractivity contribution in [1.29, 1.82) is 0 Å². The van der Waals surface area contributed by atoms with E-state index < -0.39 is 9.73 Å². The van der Waals surface area contributed by atoms with E-state index >= 15 is 0 Å². The van der Waals surface area contributed by atoms with Crippen LogP contribution in [0.2, 0.25) is 0 Å². The zero-order valence-corrected chi connectivity index (χ0v) is 6.56. The molecule has 4 nitrogen and oxygen atoms in total. The molecular formula is C5H10N2O2S. The Kier molecular flexibility index (Phi) is 1.78. The van der Waals surface area contributed by atoms with Gasteiger partial charge in [-0.15, -0.1) is 0 Å². The Hall–Kier alpha value is -0.420. The number of rotatable bonds is 0. The van der Waals surface area contributed by atoms with Crippen LogP contribution in [0.15, 0.2) is 4.36 Å². The minimum atomic E-state index is -2.19. The van der Waals surface area contributed by atoms with Crippen molar-refractivity contribution in [2.45, 2.75) is 13.0 Å². The van der Waals surface area contributed by atoms with Crippen LogP contribution in [-0.4, -0.2) is 27.7 Å². The lowest BCUT2D eigenvalue weighted by molar-refractivity contribution is -0.115. The molecule has 1 aliphatic rings. The maximum atomic E-state index is 11.2. The van der Waals surface area contributed by atoms with Crippen LogP contribution in [0, 0.1) is 0 Å². The van der Waals surface area contributed by atoms with Crippen molar-refractivity contribution in [3.05, 3.63) is 0 Å². The Morgan fingerprint density at radius 1 is 1.70 bits per heavy atom. The van der Waals surface area contributed by atoms with Gasteiger partial charge in [-0.1, -0.05) is 0 Å². The zero-order valence-electron chi connectivity index (χ0n) is 5.74. The summed E-state index contributed by atoms with van der Waals surface area (Å²) in [6, 6.07) is -0.0180. The van der Waals surface area contributed by atoms with Gasteiger partial charge < -0.3 is 5.73 Å². The summed E-state index contributed by atoms with van der Waals surface area (Å²) >= 11 is 0. The lowest BCUT2D eigenvalue weighted by atomic mass is 10.4. The van der Waals surface area contributed by atoms with E-state index in [1.807, 2.05) is 0 Å². The van der Waals surface area contributed by atoms with Gasteiger partial charge in [0.25, 0.3) is 5.91 Å². The molecule has 0 unspecified atom stereocenters. The molecule has 0 bridgehead atoms. The Morgan fingerprint density at radius 2 is 2.20 bits per heavy atom. The molecule has 58 valence electrons. The second-order valence-electron chi connectivity index (χ2n) is 2.48. The fraction of sp³-hybridized carbons (Fsp3) is 0.800. The van der Waals surface area contributed by atoms with Gasteiger partial charge in [0.05, 0.1) is 9.73 Å². The molecule has 1 rings (SSSR count). The van der Waals surface area contributed by atoms with Gasteiger partial charge in [0.1, 0.15) is 0 Å². The Labute approximate surface area is 60.0 Å². The fourth-order valence-electron chi connectivity index (χ4n) is 0.929. The number of hydrogen-bond acceptors (Lipinski definition) is 3. The molecule has 1 aliphatic heterocycles. The largest absolute Gasteiger partial charge is 0.326 e. The normalized spacial score (nSPS) is 38.4. The third-order valence-electron chi connectivity index (χ3n) is 1.24. The molecule has 0 saturated carbocycles. The number of nitrogens with two attached hydrogens (primary N) is 1.